The van der Waals surface area contributed by atoms with Gasteiger partial charge in [-0.05, 0) is 42.8 Å². The lowest BCUT2D eigenvalue weighted by molar-refractivity contribution is -0.0202. The molecule has 0 unspecified atom stereocenters. The molecule has 3 aromatic rings. The second-order valence-corrected chi connectivity index (χ2v) is 8.77. The summed E-state index contributed by atoms with van der Waals surface area (Å²) in [6.45, 7) is 2.05. The van der Waals surface area contributed by atoms with Gasteiger partial charge in [0, 0.05) is 22.0 Å². The van der Waals surface area contributed by atoms with Gasteiger partial charge >= 0.3 is 0 Å². The summed E-state index contributed by atoms with van der Waals surface area (Å²) in [6, 6.07) is 16.5. The van der Waals surface area contributed by atoms with E-state index < -0.39 is 6.23 Å². The third-order valence-corrected chi connectivity index (χ3v) is 6.18. The van der Waals surface area contributed by atoms with E-state index in [2.05, 4.69) is 31.2 Å². The highest BCUT2D eigenvalue weighted by Gasteiger charge is 2.43. The Morgan fingerprint density at radius 2 is 1.70 bits per heavy atom. The number of halogens is 3. The van der Waals surface area contributed by atoms with Gasteiger partial charge in [0.25, 0.3) is 0 Å². The zero-order chi connectivity index (χ0) is 21.0. The van der Waals surface area contributed by atoms with Crippen LogP contribution in [0, 0.1) is 6.92 Å². The van der Waals surface area contributed by atoms with E-state index >= 15 is 0 Å². The van der Waals surface area contributed by atoms with Gasteiger partial charge in [-0.3, -0.25) is 0 Å². The molecule has 0 spiro atoms. The van der Waals surface area contributed by atoms with Crippen LogP contribution in [0.1, 0.15) is 40.9 Å². The summed E-state index contributed by atoms with van der Waals surface area (Å²) in [5.41, 5.74) is 4.55. The number of phenols is 1. The Labute approximate surface area is 189 Å². The summed E-state index contributed by atoms with van der Waals surface area (Å²) in [6.07, 6.45) is -0.0173. The van der Waals surface area contributed by atoms with Crippen LogP contribution in [0.2, 0.25) is 15.1 Å². The molecule has 2 aliphatic heterocycles. The minimum atomic E-state index is -0.678. The molecule has 7 heteroatoms. The first kappa shape index (κ1) is 19.6. The van der Waals surface area contributed by atoms with Gasteiger partial charge in [0.05, 0.1) is 22.3 Å². The molecule has 30 heavy (non-hydrogen) atoms. The van der Waals surface area contributed by atoms with E-state index in [1.54, 1.807) is 24.3 Å². The number of benzene rings is 3. The minimum Gasteiger partial charge on any atom is -0.507 e. The molecule has 2 heterocycles. The van der Waals surface area contributed by atoms with Crippen molar-refractivity contribution in [3.8, 4) is 11.5 Å². The lowest BCUT2D eigenvalue weighted by Gasteiger charge is -2.38. The summed E-state index contributed by atoms with van der Waals surface area (Å²) in [4.78, 5) is 0. The highest BCUT2D eigenvalue weighted by molar-refractivity contribution is 6.35. The SMILES string of the molecule is Cc1ccc(C2=NN3[C@@H](c4cc(Cl)ccc4O)Oc4c(Cl)cc(Cl)cc4[C@@H]3C2)cc1. The van der Waals surface area contributed by atoms with E-state index in [1.165, 1.54) is 5.56 Å². The van der Waals surface area contributed by atoms with Crippen LogP contribution in [0.5, 0.6) is 11.5 Å². The van der Waals surface area contributed by atoms with Crippen LogP contribution >= 0.6 is 34.8 Å². The Balaban J connectivity index is 1.66. The van der Waals surface area contributed by atoms with E-state index in [0.717, 1.165) is 16.8 Å². The lowest BCUT2D eigenvalue weighted by Crippen LogP contribution is -2.34. The number of hydrogen-bond donors (Lipinski definition) is 1. The summed E-state index contributed by atoms with van der Waals surface area (Å²) < 4.78 is 6.27. The van der Waals surface area contributed by atoms with Crippen molar-refractivity contribution < 1.29 is 9.84 Å². The minimum absolute atomic E-state index is 0.0793. The molecule has 0 aliphatic carbocycles. The normalized spacial score (nSPS) is 19.7. The van der Waals surface area contributed by atoms with Crippen LogP contribution in [0.3, 0.4) is 0 Å². The monoisotopic (exact) mass is 458 g/mol. The third-order valence-electron chi connectivity index (χ3n) is 5.45. The van der Waals surface area contributed by atoms with E-state index in [9.17, 15) is 5.11 Å². The molecule has 0 radical (unpaired) electrons. The van der Waals surface area contributed by atoms with Gasteiger partial charge in [-0.1, -0.05) is 64.6 Å². The van der Waals surface area contributed by atoms with E-state index in [1.807, 2.05) is 11.1 Å². The first-order valence-corrected chi connectivity index (χ1v) is 10.6. The van der Waals surface area contributed by atoms with Gasteiger partial charge in [-0.15, -0.1) is 0 Å². The van der Waals surface area contributed by atoms with Crippen molar-refractivity contribution >= 4 is 40.5 Å². The van der Waals surface area contributed by atoms with Crippen LogP contribution in [-0.2, 0) is 0 Å². The zero-order valence-electron chi connectivity index (χ0n) is 15.9. The fourth-order valence-electron chi connectivity index (χ4n) is 3.96. The second-order valence-electron chi connectivity index (χ2n) is 7.49. The first-order valence-electron chi connectivity index (χ1n) is 9.47. The lowest BCUT2D eigenvalue weighted by atomic mass is 9.95. The number of hydrogen-bond acceptors (Lipinski definition) is 4. The molecule has 3 aromatic carbocycles. The molecule has 0 saturated heterocycles. The number of hydrazone groups is 1. The van der Waals surface area contributed by atoms with Crippen molar-refractivity contribution in [2.45, 2.75) is 25.6 Å². The van der Waals surface area contributed by atoms with Crippen LogP contribution in [0.4, 0.5) is 0 Å². The highest BCUT2D eigenvalue weighted by atomic mass is 35.5. The number of rotatable bonds is 2. The summed E-state index contributed by atoms with van der Waals surface area (Å²) in [5.74, 6) is 0.628. The van der Waals surface area contributed by atoms with Crippen molar-refractivity contribution in [1.82, 2.24) is 5.01 Å². The average molecular weight is 460 g/mol. The van der Waals surface area contributed by atoms with E-state index in [0.29, 0.717) is 32.8 Å². The van der Waals surface area contributed by atoms with Gasteiger partial charge in [-0.2, -0.15) is 5.10 Å². The maximum absolute atomic E-state index is 10.5. The number of phenolic OH excluding ortho intramolecular Hbond substituents is 1. The summed E-state index contributed by atoms with van der Waals surface area (Å²) >= 11 is 19.0. The van der Waals surface area contributed by atoms with Crippen molar-refractivity contribution in [1.29, 1.82) is 0 Å². The van der Waals surface area contributed by atoms with Crippen LogP contribution in [0.15, 0.2) is 59.7 Å². The molecular formula is C23H17Cl3N2O2. The number of aromatic hydroxyl groups is 1. The molecule has 152 valence electrons. The van der Waals surface area contributed by atoms with Gasteiger partial charge in [0.2, 0.25) is 6.23 Å². The largest absolute Gasteiger partial charge is 0.507 e. The zero-order valence-corrected chi connectivity index (χ0v) is 18.2. The topological polar surface area (TPSA) is 45.1 Å². The van der Waals surface area contributed by atoms with Crippen molar-refractivity contribution in [3.05, 3.63) is 91.9 Å². The van der Waals surface area contributed by atoms with E-state index in [4.69, 9.17) is 44.6 Å². The smallest absolute Gasteiger partial charge is 0.217 e. The Morgan fingerprint density at radius 3 is 2.47 bits per heavy atom. The quantitative estimate of drug-likeness (QED) is 0.453. The number of fused-ring (bicyclic) bond motifs is 3. The van der Waals surface area contributed by atoms with Crippen molar-refractivity contribution in [3.63, 3.8) is 0 Å². The number of ether oxygens (including phenoxy) is 1. The predicted octanol–water partition coefficient (Wildman–Crippen LogP) is 6.90. The van der Waals surface area contributed by atoms with Crippen LogP contribution in [-0.4, -0.2) is 15.8 Å². The van der Waals surface area contributed by atoms with Crippen LogP contribution < -0.4 is 4.74 Å². The Bertz CT molecular complexity index is 1180. The Morgan fingerprint density at radius 1 is 0.967 bits per heavy atom. The molecule has 2 aliphatic rings. The fraction of sp³-hybridized carbons (Fsp3) is 0.174. The first-order chi connectivity index (χ1) is 14.4. The highest BCUT2D eigenvalue weighted by Crippen LogP contribution is 2.51. The Kier molecular flexibility index (Phi) is 4.81. The molecule has 0 bridgehead atoms. The number of nitrogens with zero attached hydrogens (tertiary/aromatic N) is 2. The maximum atomic E-state index is 10.5. The molecule has 2 atom stereocenters. The Hall–Kier alpha value is -2.40. The molecule has 1 N–H and O–H groups in total. The molecule has 0 amide bonds. The van der Waals surface area contributed by atoms with Crippen molar-refractivity contribution in [2.24, 2.45) is 5.10 Å². The molecule has 0 aromatic heterocycles. The molecule has 5 rings (SSSR count). The van der Waals surface area contributed by atoms with Crippen LogP contribution in [0.25, 0.3) is 0 Å². The predicted molar refractivity (Wildman–Crippen MR) is 120 cm³/mol. The van der Waals surface area contributed by atoms with Gasteiger partial charge in [-0.25, -0.2) is 5.01 Å². The van der Waals surface area contributed by atoms with Crippen molar-refractivity contribution in [2.75, 3.05) is 0 Å². The van der Waals surface area contributed by atoms with Gasteiger partial charge in [0.15, 0.2) is 0 Å². The summed E-state index contributed by atoms with van der Waals surface area (Å²) in [7, 11) is 0. The molecule has 4 nitrogen and oxygen atoms in total. The second kappa shape index (κ2) is 7.38. The molecule has 0 saturated carbocycles. The van der Waals surface area contributed by atoms with Gasteiger partial charge in [0.1, 0.15) is 11.5 Å². The van der Waals surface area contributed by atoms with Gasteiger partial charge < -0.3 is 9.84 Å². The average Bonchev–Trinajstić information content (AvgIpc) is 3.16. The summed E-state index contributed by atoms with van der Waals surface area (Å²) in [5, 5.41) is 18.7. The maximum Gasteiger partial charge on any atom is 0.217 e. The molecule has 0 fully saturated rings. The van der Waals surface area contributed by atoms with E-state index in [-0.39, 0.29) is 11.8 Å². The fourth-order valence-corrected chi connectivity index (χ4v) is 4.70. The molecular weight excluding hydrogens is 443 g/mol. The third kappa shape index (κ3) is 3.29. The standard InChI is InChI=1S/C23H17Cl3N2O2/c1-12-2-4-13(5-3-12)19-11-20-16-9-15(25)10-18(26)22(16)30-23(28(20)27-19)17-8-14(24)6-7-21(17)29/h2-10,20,23,29H,11H2,1H3/t20-,23+/m0/s1. The number of aryl methyl sites for hydroxylation is 1.